The molecule has 0 spiro atoms. The summed E-state index contributed by atoms with van der Waals surface area (Å²) >= 11 is 0. The third-order valence-electron chi connectivity index (χ3n) is 3.43. The van der Waals surface area contributed by atoms with Gasteiger partial charge in [0.2, 0.25) is 5.91 Å². The summed E-state index contributed by atoms with van der Waals surface area (Å²) in [5.74, 6) is 0.348. The molecule has 0 aromatic heterocycles. The van der Waals surface area contributed by atoms with E-state index in [4.69, 9.17) is 4.74 Å². The Bertz CT molecular complexity index is 708. The van der Waals surface area contributed by atoms with E-state index in [0.29, 0.717) is 12.4 Å². The maximum absolute atomic E-state index is 12.9. The standard InChI is InChI=1S/C20H25FN2O2/c1-14(19(24)23-20(2,3)4)22-17-6-5-7-18(12-17)25-13-15-8-10-16(21)11-9-15/h5-12,14,22H,13H2,1-4H3,(H,23,24)/t14-/m0/s1. The molecule has 0 aliphatic heterocycles. The van der Waals surface area contributed by atoms with E-state index in [-0.39, 0.29) is 23.3 Å². The first-order valence-electron chi connectivity index (χ1n) is 8.29. The highest BCUT2D eigenvalue weighted by Crippen LogP contribution is 2.19. The molecule has 0 heterocycles. The molecule has 0 aliphatic rings. The second-order valence-corrected chi connectivity index (χ2v) is 7.05. The number of hydrogen-bond donors (Lipinski definition) is 2. The Hall–Kier alpha value is -2.56. The van der Waals surface area contributed by atoms with Crippen molar-refractivity contribution in [1.29, 1.82) is 0 Å². The van der Waals surface area contributed by atoms with Gasteiger partial charge in [0.1, 0.15) is 24.2 Å². The highest BCUT2D eigenvalue weighted by atomic mass is 19.1. The molecule has 2 N–H and O–H groups in total. The summed E-state index contributed by atoms with van der Waals surface area (Å²) in [5, 5.41) is 6.11. The Balaban J connectivity index is 1.94. The Kier molecular flexibility index (Phi) is 6.02. The van der Waals surface area contributed by atoms with E-state index in [1.165, 1.54) is 12.1 Å². The first-order valence-corrected chi connectivity index (χ1v) is 8.29. The first kappa shape index (κ1) is 18.8. The molecule has 0 aliphatic carbocycles. The van der Waals surface area contributed by atoms with Crippen molar-refractivity contribution >= 4 is 11.6 Å². The van der Waals surface area contributed by atoms with E-state index in [0.717, 1.165) is 11.3 Å². The molecule has 2 aromatic carbocycles. The molecular formula is C20H25FN2O2. The fourth-order valence-corrected chi connectivity index (χ4v) is 2.22. The van der Waals surface area contributed by atoms with Gasteiger partial charge in [-0.05, 0) is 57.5 Å². The smallest absolute Gasteiger partial charge is 0.242 e. The fourth-order valence-electron chi connectivity index (χ4n) is 2.22. The second kappa shape index (κ2) is 8.01. The van der Waals surface area contributed by atoms with Gasteiger partial charge in [-0.1, -0.05) is 18.2 Å². The normalized spacial score (nSPS) is 12.4. The van der Waals surface area contributed by atoms with Crippen LogP contribution < -0.4 is 15.4 Å². The lowest BCUT2D eigenvalue weighted by atomic mass is 10.1. The largest absolute Gasteiger partial charge is 0.489 e. The predicted octanol–water partition coefficient (Wildman–Crippen LogP) is 4.12. The van der Waals surface area contributed by atoms with Gasteiger partial charge in [0.05, 0.1) is 0 Å². The van der Waals surface area contributed by atoms with Gasteiger partial charge in [-0.15, -0.1) is 0 Å². The summed E-state index contributed by atoms with van der Waals surface area (Å²) in [6.07, 6.45) is 0. The molecular weight excluding hydrogens is 319 g/mol. The van der Waals surface area contributed by atoms with Crippen LogP contribution in [0.2, 0.25) is 0 Å². The van der Waals surface area contributed by atoms with Gasteiger partial charge >= 0.3 is 0 Å². The van der Waals surface area contributed by atoms with Gasteiger partial charge in [-0.25, -0.2) is 4.39 Å². The molecule has 25 heavy (non-hydrogen) atoms. The van der Waals surface area contributed by atoms with Crippen molar-refractivity contribution in [3.8, 4) is 5.75 Å². The highest BCUT2D eigenvalue weighted by Gasteiger charge is 2.19. The lowest BCUT2D eigenvalue weighted by Gasteiger charge is -2.24. The quantitative estimate of drug-likeness (QED) is 0.829. The molecule has 2 rings (SSSR count). The number of carbonyl (C=O) groups excluding carboxylic acids is 1. The maximum Gasteiger partial charge on any atom is 0.242 e. The van der Waals surface area contributed by atoms with Crippen molar-refractivity contribution in [3.63, 3.8) is 0 Å². The number of halogens is 1. The number of amides is 1. The zero-order valence-electron chi connectivity index (χ0n) is 15.1. The zero-order chi connectivity index (χ0) is 18.4. The van der Waals surface area contributed by atoms with Gasteiger partial charge in [-0.3, -0.25) is 4.79 Å². The van der Waals surface area contributed by atoms with E-state index >= 15 is 0 Å². The van der Waals surface area contributed by atoms with Crippen LogP contribution in [0.3, 0.4) is 0 Å². The van der Waals surface area contributed by atoms with E-state index < -0.39 is 0 Å². The van der Waals surface area contributed by atoms with E-state index in [9.17, 15) is 9.18 Å². The number of benzene rings is 2. The highest BCUT2D eigenvalue weighted by molar-refractivity contribution is 5.84. The zero-order valence-corrected chi connectivity index (χ0v) is 15.1. The second-order valence-electron chi connectivity index (χ2n) is 7.05. The minimum Gasteiger partial charge on any atom is -0.489 e. The van der Waals surface area contributed by atoms with Gasteiger partial charge < -0.3 is 15.4 Å². The van der Waals surface area contributed by atoms with Crippen LogP contribution in [0.5, 0.6) is 5.75 Å². The summed E-state index contributed by atoms with van der Waals surface area (Å²) in [6.45, 7) is 8.00. The molecule has 4 nitrogen and oxygen atoms in total. The Morgan fingerprint density at radius 2 is 1.84 bits per heavy atom. The summed E-state index contributed by atoms with van der Waals surface area (Å²) in [4.78, 5) is 12.2. The molecule has 0 saturated carbocycles. The number of carbonyl (C=O) groups is 1. The topological polar surface area (TPSA) is 50.4 Å². The number of ether oxygens (including phenoxy) is 1. The van der Waals surface area contributed by atoms with Gasteiger partial charge in [-0.2, -0.15) is 0 Å². The van der Waals surface area contributed by atoms with Crippen molar-refractivity contribution < 1.29 is 13.9 Å². The van der Waals surface area contributed by atoms with Crippen LogP contribution in [0.25, 0.3) is 0 Å². The van der Waals surface area contributed by atoms with Crippen LogP contribution >= 0.6 is 0 Å². The number of nitrogens with one attached hydrogen (secondary N) is 2. The summed E-state index contributed by atoms with van der Waals surface area (Å²) in [7, 11) is 0. The minimum atomic E-state index is -0.369. The average Bonchev–Trinajstić information content (AvgIpc) is 2.53. The maximum atomic E-state index is 12.9. The molecule has 0 unspecified atom stereocenters. The third kappa shape index (κ3) is 6.45. The van der Waals surface area contributed by atoms with Gasteiger partial charge in [0.15, 0.2) is 0 Å². The molecule has 0 saturated heterocycles. The van der Waals surface area contributed by atoms with Crippen LogP contribution in [0.15, 0.2) is 48.5 Å². The Morgan fingerprint density at radius 3 is 2.48 bits per heavy atom. The molecule has 2 aromatic rings. The average molecular weight is 344 g/mol. The fraction of sp³-hybridized carbons (Fsp3) is 0.350. The molecule has 134 valence electrons. The van der Waals surface area contributed by atoms with Crippen LogP contribution in [0.1, 0.15) is 33.3 Å². The predicted molar refractivity (Wildman–Crippen MR) is 98.2 cm³/mol. The lowest BCUT2D eigenvalue weighted by Crippen LogP contribution is -2.47. The van der Waals surface area contributed by atoms with Crippen molar-refractivity contribution in [1.82, 2.24) is 5.32 Å². The van der Waals surface area contributed by atoms with E-state index in [1.54, 1.807) is 12.1 Å². The van der Waals surface area contributed by atoms with E-state index in [1.807, 2.05) is 52.0 Å². The molecule has 5 heteroatoms. The molecule has 0 bridgehead atoms. The SMILES string of the molecule is C[C@H](Nc1cccc(OCc2ccc(F)cc2)c1)C(=O)NC(C)(C)C. The van der Waals surface area contributed by atoms with Crippen LogP contribution in [0.4, 0.5) is 10.1 Å². The van der Waals surface area contributed by atoms with Crippen LogP contribution in [-0.2, 0) is 11.4 Å². The van der Waals surface area contributed by atoms with Gasteiger partial charge in [0.25, 0.3) is 0 Å². The Labute approximate surface area is 148 Å². The minimum absolute atomic E-state index is 0.0647. The number of anilines is 1. The van der Waals surface area contributed by atoms with Crippen LogP contribution in [-0.4, -0.2) is 17.5 Å². The van der Waals surface area contributed by atoms with Crippen molar-refractivity contribution in [2.24, 2.45) is 0 Å². The first-order chi connectivity index (χ1) is 11.7. The van der Waals surface area contributed by atoms with Crippen LogP contribution in [0, 0.1) is 5.82 Å². The number of hydrogen-bond acceptors (Lipinski definition) is 3. The monoisotopic (exact) mass is 344 g/mol. The Morgan fingerprint density at radius 1 is 1.16 bits per heavy atom. The molecule has 0 fully saturated rings. The van der Waals surface area contributed by atoms with E-state index in [2.05, 4.69) is 10.6 Å². The lowest BCUT2D eigenvalue weighted by molar-refractivity contribution is -0.122. The third-order valence-corrected chi connectivity index (χ3v) is 3.43. The summed E-state index contributed by atoms with van der Waals surface area (Å²) in [5.41, 5.74) is 1.42. The number of rotatable bonds is 6. The van der Waals surface area contributed by atoms with Crippen molar-refractivity contribution in [3.05, 3.63) is 59.9 Å². The van der Waals surface area contributed by atoms with Gasteiger partial charge in [0, 0.05) is 17.3 Å². The summed E-state index contributed by atoms with van der Waals surface area (Å²) in [6, 6.07) is 13.2. The van der Waals surface area contributed by atoms with Crippen molar-refractivity contribution in [2.75, 3.05) is 5.32 Å². The molecule has 1 atom stereocenters. The molecule has 1 amide bonds. The molecule has 0 radical (unpaired) electrons. The summed E-state index contributed by atoms with van der Waals surface area (Å²) < 4.78 is 18.6. The van der Waals surface area contributed by atoms with Crippen molar-refractivity contribution in [2.45, 2.75) is 45.9 Å².